The van der Waals surface area contributed by atoms with Crippen LogP contribution in [0.4, 0.5) is 0 Å². The van der Waals surface area contributed by atoms with Crippen LogP contribution in [-0.2, 0) is 0 Å². The standard InChI is InChI=1S/C23H25/c1-15(2)18-13-19-11-16(3)12-23(22(19)14-18)21-10-6-8-17-7-4-5-9-20(17)21/h4-12,15,18,22H,13-14H2,1-3H3/q-1. The van der Waals surface area contributed by atoms with E-state index in [9.17, 15) is 0 Å². The van der Waals surface area contributed by atoms with Crippen molar-refractivity contribution in [2.24, 2.45) is 17.8 Å². The Kier molecular flexibility index (Phi) is 3.56. The van der Waals surface area contributed by atoms with Gasteiger partial charge in [0.1, 0.15) is 0 Å². The second kappa shape index (κ2) is 5.60. The second-order valence-electron chi connectivity index (χ2n) is 7.59. The summed E-state index contributed by atoms with van der Waals surface area (Å²) in [4.78, 5) is 0. The van der Waals surface area contributed by atoms with Crippen LogP contribution in [0.15, 0.2) is 60.2 Å². The summed E-state index contributed by atoms with van der Waals surface area (Å²) in [7, 11) is 0. The molecule has 0 heteroatoms. The number of fused-ring (bicyclic) bond motifs is 2. The molecule has 1 fully saturated rings. The van der Waals surface area contributed by atoms with Gasteiger partial charge >= 0.3 is 0 Å². The van der Waals surface area contributed by atoms with Gasteiger partial charge in [-0.15, -0.1) is 5.57 Å². The van der Waals surface area contributed by atoms with E-state index in [2.05, 4.69) is 75.4 Å². The van der Waals surface area contributed by atoms with Crippen molar-refractivity contribution in [3.8, 4) is 0 Å². The van der Waals surface area contributed by atoms with E-state index in [1.54, 1.807) is 11.1 Å². The molecule has 0 saturated heterocycles. The number of hydrogen-bond acceptors (Lipinski definition) is 0. The van der Waals surface area contributed by atoms with Crippen LogP contribution in [0.25, 0.3) is 16.3 Å². The maximum Gasteiger partial charge on any atom is -0.0189 e. The Bertz CT molecular complexity index is 785. The maximum atomic E-state index is 2.45. The van der Waals surface area contributed by atoms with Gasteiger partial charge in [-0.2, -0.15) is 23.6 Å². The van der Waals surface area contributed by atoms with E-state index in [-0.39, 0.29) is 0 Å². The highest BCUT2D eigenvalue weighted by Crippen LogP contribution is 2.50. The van der Waals surface area contributed by atoms with Gasteiger partial charge in [0.15, 0.2) is 0 Å². The lowest BCUT2D eigenvalue weighted by molar-refractivity contribution is 0.392. The van der Waals surface area contributed by atoms with E-state index in [1.807, 2.05) is 0 Å². The molecule has 0 aliphatic heterocycles. The lowest BCUT2D eigenvalue weighted by Crippen LogP contribution is -2.09. The van der Waals surface area contributed by atoms with Crippen LogP contribution < -0.4 is 0 Å². The zero-order chi connectivity index (χ0) is 16.0. The quantitative estimate of drug-likeness (QED) is 0.560. The Hall–Kier alpha value is -1.95. The molecular weight excluding hydrogens is 276 g/mol. The van der Waals surface area contributed by atoms with Crippen LogP contribution in [-0.4, -0.2) is 0 Å². The Labute approximate surface area is 139 Å². The molecule has 0 radical (unpaired) electrons. The van der Waals surface area contributed by atoms with E-state index < -0.39 is 0 Å². The summed E-state index contributed by atoms with van der Waals surface area (Å²) in [5, 5.41) is 2.74. The molecule has 2 atom stereocenters. The first kappa shape index (κ1) is 14.6. The predicted molar refractivity (Wildman–Crippen MR) is 100.0 cm³/mol. The van der Waals surface area contributed by atoms with Crippen LogP contribution in [0.2, 0.25) is 0 Å². The fourth-order valence-electron chi connectivity index (χ4n) is 4.40. The third-order valence-corrected chi connectivity index (χ3v) is 5.70. The summed E-state index contributed by atoms with van der Waals surface area (Å²) >= 11 is 0. The molecule has 0 N–H and O–H groups in total. The second-order valence-corrected chi connectivity index (χ2v) is 7.59. The van der Waals surface area contributed by atoms with Gasteiger partial charge in [-0.3, -0.25) is 0 Å². The van der Waals surface area contributed by atoms with Crippen LogP contribution >= 0.6 is 0 Å². The number of benzene rings is 2. The highest BCUT2D eigenvalue weighted by molar-refractivity contribution is 5.95. The average molecular weight is 301 g/mol. The van der Waals surface area contributed by atoms with Crippen molar-refractivity contribution in [3.63, 3.8) is 0 Å². The predicted octanol–water partition coefficient (Wildman–Crippen LogP) is 6.44. The van der Waals surface area contributed by atoms with Crippen LogP contribution in [0.1, 0.15) is 39.2 Å². The van der Waals surface area contributed by atoms with Crippen molar-refractivity contribution < 1.29 is 0 Å². The number of allylic oxidation sites excluding steroid dienone is 4. The minimum absolute atomic E-state index is 0.622. The lowest BCUT2D eigenvalue weighted by Gasteiger charge is -2.33. The minimum atomic E-state index is 0.622. The third kappa shape index (κ3) is 2.51. The van der Waals surface area contributed by atoms with E-state index in [0.29, 0.717) is 5.92 Å². The first-order valence-corrected chi connectivity index (χ1v) is 8.87. The average Bonchev–Trinajstić information content (AvgIpc) is 2.97. The first-order chi connectivity index (χ1) is 11.1. The van der Waals surface area contributed by atoms with Crippen molar-refractivity contribution in [1.82, 2.24) is 0 Å². The summed E-state index contributed by atoms with van der Waals surface area (Å²) in [6.45, 7) is 7.00. The van der Waals surface area contributed by atoms with Crippen molar-refractivity contribution in [1.29, 1.82) is 0 Å². The van der Waals surface area contributed by atoms with Gasteiger partial charge in [0.25, 0.3) is 0 Å². The van der Waals surface area contributed by atoms with Gasteiger partial charge < -0.3 is 0 Å². The summed E-state index contributed by atoms with van der Waals surface area (Å²) in [6.07, 6.45) is 7.47. The van der Waals surface area contributed by atoms with Crippen molar-refractivity contribution >= 4 is 16.3 Å². The number of hydrogen-bond donors (Lipinski definition) is 0. The Morgan fingerprint density at radius 2 is 1.78 bits per heavy atom. The SMILES string of the molecule is C[C-]1C=C2CC(C(C)C)CC2C(c2cccc3ccccc23)=C1. The molecule has 2 aliphatic carbocycles. The molecule has 1 saturated carbocycles. The molecule has 118 valence electrons. The zero-order valence-corrected chi connectivity index (χ0v) is 14.3. The highest BCUT2D eigenvalue weighted by Gasteiger charge is 2.30. The molecule has 0 heterocycles. The van der Waals surface area contributed by atoms with Crippen molar-refractivity contribution in [3.05, 3.63) is 71.7 Å². The van der Waals surface area contributed by atoms with Crippen molar-refractivity contribution in [2.75, 3.05) is 0 Å². The minimum Gasteiger partial charge on any atom is -0.170 e. The molecule has 0 aromatic heterocycles. The van der Waals surface area contributed by atoms with Crippen LogP contribution in [0.3, 0.4) is 0 Å². The largest absolute Gasteiger partial charge is 0.170 e. The molecule has 2 unspecified atom stereocenters. The molecule has 0 spiro atoms. The molecule has 23 heavy (non-hydrogen) atoms. The summed E-state index contributed by atoms with van der Waals surface area (Å²) in [5.74, 6) is 3.63. The molecule has 2 aromatic rings. The summed E-state index contributed by atoms with van der Waals surface area (Å²) in [5.41, 5.74) is 4.63. The van der Waals surface area contributed by atoms with Gasteiger partial charge in [-0.25, -0.2) is 0 Å². The topological polar surface area (TPSA) is 0 Å². The molecular formula is C23H25-. The molecule has 4 rings (SSSR count). The molecule has 0 amide bonds. The van der Waals surface area contributed by atoms with E-state index in [1.165, 1.54) is 35.1 Å². The van der Waals surface area contributed by atoms with Gasteiger partial charge in [0, 0.05) is 0 Å². The Balaban J connectivity index is 1.81. The van der Waals surface area contributed by atoms with Gasteiger partial charge in [0.2, 0.25) is 0 Å². The van der Waals surface area contributed by atoms with Gasteiger partial charge in [0.05, 0.1) is 0 Å². The highest BCUT2D eigenvalue weighted by atomic mass is 14.4. The van der Waals surface area contributed by atoms with E-state index in [4.69, 9.17) is 0 Å². The summed E-state index contributed by atoms with van der Waals surface area (Å²) in [6, 6.07) is 15.5. The third-order valence-electron chi connectivity index (χ3n) is 5.70. The molecule has 0 bridgehead atoms. The normalized spacial score (nSPS) is 23.9. The summed E-state index contributed by atoms with van der Waals surface area (Å²) < 4.78 is 0. The molecule has 2 aromatic carbocycles. The molecule has 0 nitrogen and oxygen atoms in total. The van der Waals surface area contributed by atoms with Gasteiger partial charge in [-0.05, 0) is 22.6 Å². The smallest absolute Gasteiger partial charge is 0.0189 e. The lowest BCUT2D eigenvalue weighted by atomic mass is 9.79. The van der Waals surface area contributed by atoms with Gasteiger partial charge in [-0.1, -0.05) is 87.6 Å². The zero-order valence-electron chi connectivity index (χ0n) is 14.3. The number of rotatable bonds is 2. The first-order valence-electron chi connectivity index (χ1n) is 8.87. The van der Waals surface area contributed by atoms with E-state index >= 15 is 0 Å². The maximum absolute atomic E-state index is 2.45. The molecule has 2 aliphatic rings. The van der Waals surface area contributed by atoms with Crippen LogP contribution in [0, 0.1) is 23.7 Å². The Morgan fingerprint density at radius 1 is 1.00 bits per heavy atom. The van der Waals surface area contributed by atoms with Crippen molar-refractivity contribution in [2.45, 2.75) is 33.6 Å². The fraction of sp³-hybridized carbons (Fsp3) is 0.348. The fourth-order valence-corrected chi connectivity index (χ4v) is 4.40. The Morgan fingerprint density at radius 3 is 2.61 bits per heavy atom. The van der Waals surface area contributed by atoms with E-state index in [0.717, 1.165) is 11.8 Å². The van der Waals surface area contributed by atoms with Crippen LogP contribution in [0.5, 0.6) is 0 Å². The monoisotopic (exact) mass is 301 g/mol.